The molecule has 0 bridgehead atoms. The van der Waals surface area contributed by atoms with Crippen LogP contribution in [0.2, 0.25) is 0 Å². The molecule has 1 aromatic heterocycles. The first-order chi connectivity index (χ1) is 23.9. The van der Waals surface area contributed by atoms with Crippen LogP contribution in [-0.2, 0) is 27.3 Å². The molecule has 0 saturated carbocycles. The maximum absolute atomic E-state index is 12.9. The number of fused-ring (bicyclic) bond motifs is 1. The van der Waals surface area contributed by atoms with Crippen LogP contribution in [0.4, 0.5) is 11.4 Å². The summed E-state index contributed by atoms with van der Waals surface area (Å²) in [5.41, 5.74) is 6.77. The second-order valence-electron chi connectivity index (χ2n) is 11.5. The van der Waals surface area contributed by atoms with Crippen LogP contribution >= 0.6 is 0 Å². The van der Waals surface area contributed by atoms with Gasteiger partial charge >= 0.3 is 0 Å². The van der Waals surface area contributed by atoms with E-state index < -0.39 is 26.0 Å². The molecule has 1 aliphatic carbocycles. The summed E-state index contributed by atoms with van der Waals surface area (Å²) in [6.45, 7) is 2.39. The fourth-order valence-electron chi connectivity index (χ4n) is 6.01. The first kappa shape index (κ1) is 34.6. The van der Waals surface area contributed by atoms with Gasteiger partial charge in [0.2, 0.25) is 0 Å². The molecule has 1 heterocycles. The van der Waals surface area contributed by atoms with Crippen molar-refractivity contribution in [1.82, 2.24) is 4.57 Å². The third-order valence-corrected chi connectivity index (χ3v) is 9.79. The van der Waals surface area contributed by atoms with Crippen LogP contribution in [0.15, 0.2) is 137 Å². The fraction of sp³-hybridized carbons (Fsp3) is 0.132. The molecule has 50 heavy (non-hydrogen) atoms. The van der Waals surface area contributed by atoms with E-state index in [9.17, 15) is 21.4 Å². The zero-order valence-electron chi connectivity index (χ0n) is 27.3. The number of aromatic nitrogens is 1. The van der Waals surface area contributed by atoms with Crippen molar-refractivity contribution < 1.29 is 30.7 Å². The largest absolute Gasteiger partial charge is 0.494 e. The molecule has 12 heteroatoms. The van der Waals surface area contributed by atoms with Crippen molar-refractivity contribution in [3.63, 3.8) is 0 Å². The van der Waals surface area contributed by atoms with Gasteiger partial charge in [0.25, 0.3) is 20.2 Å². The van der Waals surface area contributed by atoms with Gasteiger partial charge in [-0.1, -0.05) is 66.7 Å². The van der Waals surface area contributed by atoms with Crippen LogP contribution in [-0.4, -0.2) is 55.1 Å². The summed E-state index contributed by atoms with van der Waals surface area (Å²) in [6, 6.07) is 32.0. The average Bonchev–Trinajstić information content (AvgIpc) is 3.38. The quantitative estimate of drug-likeness (QED) is 0.120. The fourth-order valence-corrected chi connectivity index (χ4v) is 7.02. The van der Waals surface area contributed by atoms with Crippen molar-refractivity contribution in [2.75, 3.05) is 24.2 Å². The zero-order valence-corrected chi connectivity index (χ0v) is 28.9. The lowest BCUT2D eigenvalue weighted by atomic mass is 9.87. The number of para-hydroxylation sites is 1. The van der Waals surface area contributed by atoms with Gasteiger partial charge in [0, 0.05) is 35.7 Å². The molecule has 0 unspecified atom stereocenters. The highest BCUT2D eigenvalue weighted by Crippen LogP contribution is 2.43. The molecule has 0 spiro atoms. The van der Waals surface area contributed by atoms with Gasteiger partial charge in [0.15, 0.2) is 0 Å². The Morgan fingerprint density at radius 3 is 2.18 bits per heavy atom. The van der Waals surface area contributed by atoms with Gasteiger partial charge < -0.3 is 14.6 Å². The number of benzene rings is 4. The van der Waals surface area contributed by atoms with Crippen molar-refractivity contribution in [3.8, 4) is 17.0 Å². The third kappa shape index (κ3) is 7.63. The van der Waals surface area contributed by atoms with E-state index >= 15 is 0 Å². The van der Waals surface area contributed by atoms with E-state index in [0.717, 1.165) is 33.3 Å². The van der Waals surface area contributed by atoms with Gasteiger partial charge in [0.1, 0.15) is 10.7 Å². The Bertz CT molecular complexity index is 2390. The topological polar surface area (TPSA) is 147 Å². The Kier molecular flexibility index (Phi) is 9.89. The smallest absolute Gasteiger partial charge is 0.296 e. The molecule has 0 aliphatic heterocycles. The lowest BCUT2D eigenvalue weighted by Gasteiger charge is -2.19. The Morgan fingerprint density at radius 2 is 1.52 bits per heavy atom. The number of ether oxygens (including phenoxy) is 1. The second-order valence-corrected chi connectivity index (χ2v) is 14.5. The van der Waals surface area contributed by atoms with E-state index in [4.69, 9.17) is 9.29 Å². The number of allylic oxidation sites excluding steroid dienone is 5. The van der Waals surface area contributed by atoms with Crippen LogP contribution in [0, 0.1) is 0 Å². The van der Waals surface area contributed by atoms with Gasteiger partial charge in [-0.15, -0.1) is 0 Å². The van der Waals surface area contributed by atoms with Crippen LogP contribution in [0.1, 0.15) is 18.1 Å². The highest BCUT2D eigenvalue weighted by Gasteiger charge is 2.27. The summed E-state index contributed by atoms with van der Waals surface area (Å²) in [4.78, 5) is 4.20. The minimum absolute atomic E-state index is 0.00721. The standard InChI is InChI=1S/C38H35N3O7S2/c1-3-48-31-20-18-30(19-21-31)40-33-22-15-28(25-35(33)50(45,46)47)36(26-13-16-29(17-14-26)39-23-24-49(42,43)44)37-32-11-7-8-12-34(32)41(2)38(37)27-9-5-4-6-10-27/h4-22,25,39H,3,23-24H2,1-2H3,(H,42,43,44)(H,45,46,47)/b36-28+,40-33?. The number of anilines is 1. The Hall–Kier alpha value is -5.27. The van der Waals surface area contributed by atoms with Crippen LogP contribution in [0.3, 0.4) is 0 Å². The second kappa shape index (κ2) is 14.3. The lowest BCUT2D eigenvalue weighted by Crippen LogP contribution is -2.14. The van der Waals surface area contributed by atoms with Crippen LogP contribution in [0.25, 0.3) is 27.7 Å². The number of rotatable bonds is 11. The van der Waals surface area contributed by atoms with Gasteiger partial charge in [-0.2, -0.15) is 16.8 Å². The average molecular weight is 710 g/mol. The number of hydrogen-bond donors (Lipinski definition) is 3. The number of hydrogen-bond acceptors (Lipinski definition) is 7. The number of aryl methyl sites for hydroxylation is 1. The highest BCUT2D eigenvalue weighted by atomic mass is 32.2. The van der Waals surface area contributed by atoms with Gasteiger partial charge in [-0.05, 0) is 83.8 Å². The van der Waals surface area contributed by atoms with Crippen LogP contribution in [0.5, 0.6) is 5.75 Å². The van der Waals surface area contributed by atoms with Crippen molar-refractivity contribution in [2.45, 2.75) is 6.92 Å². The first-order valence-corrected chi connectivity index (χ1v) is 18.8. The predicted octanol–water partition coefficient (Wildman–Crippen LogP) is 7.46. The molecule has 0 radical (unpaired) electrons. The van der Waals surface area contributed by atoms with Crippen molar-refractivity contribution in [1.29, 1.82) is 0 Å². The summed E-state index contributed by atoms with van der Waals surface area (Å²) < 4.78 is 75.6. The molecule has 0 fully saturated rings. The monoisotopic (exact) mass is 709 g/mol. The summed E-state index contributed by atoms with van der Waals surface area (Å²) in [6.07, 6.45) is 4.80. The lowest BCUT2D eigenvalue weighted by molar-refractivity contribution is 0.340. The molecule has 6 rings (SSSR count). The van der Waals surface area contributed by atoms with Gasteiger partial charge in [0.05, 0.1) is 29.5 Å². The summed E-state index contributed by atoms with van der Waals surface area (Å²) >= 11 is 0. The maximum atomic E-state index is 12.9. The molecule has 0 atom stereocenters. The zero-order chi connectivity index (χ0) is 35.5. The molecule has 10 nitrogen and oxygen atoms in total. The Morgan fingerprint density at radius 1 is 0.840 bits per heavy atom. The van der Waals surface area contributed by atoms with Crippen molar-refractivity contribution in [2.24, 2.45) is 12.0 Å². The molecule has 256 valence electrons. The normalized spacial score (nSPS) is 15.3. The summed E-state index contributed by atoms with van der Waals surface area (Å²) in [5.74, 6) is 0.203. The van der Waals surface area contributed by atoms with Gasteiger partial charge in [-0.3, -0.25) is 9.11 Å². The van der Waals surface area contributed by atoms with Crippen molar-refractivity contribution in [3.05, 3.63) is 143 Å². The molecule has 1 aliphatic rings. The maximum Gasteiger partial charge on any atom is 0.296 e. The first-order valence-electron chi connectivity index (χ1n) is 15.8. The number of aliphatic imine (C=N–C) groups is 1. The molecule has 0 saturated heterocycles. The molecule has 4 aromatic carbocycles. The summed E-state index contributed by atoms with van der Waals surface area (Å²) in [5, 5.41) is 3.93. The minimum Gasteiger partial charge on any atom is -0.494 e. The SMILES string of the molecule is CCOc1ccc(N=C2C=C/C(=C(/c3ccc(NCCS(=O)(=O)O)cc3)c3c(-c4ccccc4)n(C)c4ccccc34)C=C2S(=O)(=O)O)cc1. The van der Waals surface area contributed by atoms with E-state index in [0.29, 0.717) is 34.9 Å². The Balaban J connectivity index is 1.58. The minimum atomic E-state index is -4.74. The predicted molar refractivity (Wildman–Crippen MR) is 199 cm³/mol. The number of nitrogens with one attached hydrogen (secondary N) is 1. The molecule has 3 N–H and O–H groups in total. The molecular weight excluding hydrogens is 675 g/mol. The number of nitrogens with zero attached hydrogens (tertiary/aromatic N) is 2. The van der Waals surface area contributed by atoms with E-state index in [1.165, 1.54) is 6.08 Å². The Labute approximate surface area is 291 Å². The molecule has 5 aromatic rings. The van der Waals surface area contributed by atoms with Crippen molar-refractivity contribution >= 4 is 53.8 Å². The van der Waals surface area contributed by atoms with E-state index in [2.05, 4.69) is 14.9 Å². The van der Waals surface area contributed by atoms with E-state index in [-0.39, 0.29) is 17.2 Å². The molecule has 0 amide bonds. The van der Waals surface area contributed by atoms with E-state index in [1.807, 2.05) is 80.7 Å². The summed E-state index contributed by atoms with van der Waals surface area (Å²) in [7, 11) is -6.89. The van der Waals surface area contributed by atoms with Crippen LogP contribution < -0.4 is 10.1 Å². The highest BCUT2D eigenvalue weighted by molar-refractivity contribution is 7.91. The van der Waals surface area contributed by atoms with E-state index in [1.54, 1.807) is 48.6 Å². The molecular formula is C38H35N3O7S2. The third-order valence-electron chi connectivity index (χ3n) is 8.19. The van der Waals surface area contributed by atoms with Gasteiger partial charge in [-0.25, -0.2) is 4.99 Å².